The van der Waals surface area contributed by atoms with Crippen LogP contribution in [0.4, 0.5) is 14.9 Å². The van der Waals surface area contributed by atoms with Crippen molar-refractivity contribution in [3.8, 4) is 5.75 Å². The average molecular weight is 498 g/mol. The summed E-state index contributed by atoms with van der Waals surface area (Å²) < 4.78 is 25.5. The molecule has 0 unspecified atom stereocenters. The van der Waals surface area contributed by atoms with E-state index in [0.717, 1.165) is 31.2 Å². The standard InChI is InChI=1S/C27H32FN3O5/c28-17-5-3-4-16(10-17)14-29-25(33)13-20-12-22-21-11-19(31-27(34)30-18-6-1-2-7-18)8-9-23(21)36-26(22)24(15-32)35-20/h3-5,8-11,18,20,22,24,26,32H,1-2,6-7,12-15H2,(H,29,33)(H2,30,31,34)/t20-,22-,24+,26+/m0/s1. The zero-order valence-corrected chi connectivity index (χ0v) is 20.0. The lowest BCUT2D eigenvalue weighted by Gasteiger charge is -2.37. The summed E-state index contributed by atoms with van der Waals surface area (Å²) in [6, 6.07) is 11.6. The van der Waals surface area contributed by atoms with Gasteiger partial charge in [0.05, 0.1) is 19.1 Å². The molecular formula is C27H32FN3O5. The molecule has 0 spiro atoms. The van der Waals surface area contributed by atoms with Gasteiger partial charge in [0.15, 0.2) is 0 Å². The summed E-state index contributed by atoms with van der Waals surface area (Å²) in [5, 5.41) is 18.7. The predicted octanol–water partition coefficient (Wildman–Crippen LogP) is 3.59. The number of aliphatic hydroxyl groups is 1. The Bertz CT molecular complexity index is 1110. The van der Waals surface area contributed by atoms with Crippen molar-refractivity contribution < 1.29 is 28.6 Å². The number of urea groups is 1. The number of hydrogen-bond donors (Lipinski definition) is 4. The number of nitrogens with one attached hydrogen (secondary N) is 3. The molecule has 3 amide bonds. The Balaban J connectivity index is 1.22. The summed E-state index contributed by atoms with van der Waals surface area (Å²) in [4.78, 5) is 25.0. The highest BCUT2D eigenvalue weighted by Crippen LogP contribution is 2.47. The molecule has 2 heterocycles. The first-order chi connectivity index (χ1) is 17.5. The quantitative estimate of drug-likeness (QED) is 0.468. The molecule has 0 radical (unpaired) electrons. The van der Waals surface area contributed by atoms with Gasteiger partial charge in [-0.2, -0.15) is 0 Å². The molecule has 2 fully saturated rings. The minimum atomic E-state index is -0.570. The highest BCUT2D eigenvalue weighted by molar-refractivity contribution is 5.89. The molecule has 4 N–H and O–H groups in total. The second-order valence-corrected chi connectivity index (χ2v) is 9.85. The fourth-order valence-electron chi connectivity index (χ4n) is 5.52. The number of anilines is 1. The number of carbonyl (C=O) groups excluding carboxylic acids is 2. The molecule has 36 heavy (non-hydrogen) atoms. The highest BCUT2D eigenvalue weighted by atomic mass is 19.1. The maximum Gasteiger partial charge on any atom is 0.319 e. The third-order valence-electron chi connectivity index (χ3n) is 7.24. The van der Waals surface area contributed by atoms with E-state index in [2.05, 4.69) is 16.0 Å². The Hall–Kier alpha value is -3.17. The van der Waals surface area contributed by atoms with Crippen LogP contribution in [0.2, 0.25) is 0 Å². The maximum atomic E-state index is 13.4. The van der Waals surface area contributed by atoms with Crippen LogP contribution in [-0.4, -0.2) is 48.0 Å². The first kappa shape index (κ1) is 24.5. The fourth-order valence-corrected chi connectivity index (χ4v) is 5.52. The number of halogens is 1. The summed E-state index contributed by atoms with van der Waals surface area (Å²) in [6.45, 7) is -0.00579. The van der Waals surface area contributed by atoms with E-state index in [0.29, 0.717) is 23.4 Å². The number of ether oxygens (including phenoxy) is 2. The van der Waals surface area contributed by atoms with Crippen molar-refractivity contribution in [3.63, 3.8) is 0 Å². The van der Waals surface area contributed by atoms with E-state index in [4.69, 9.17) is 9.47 Å². The van der Waals surface area contributed by atoms with E-state index in [1.165, 1.54) is 12.1 Å². The van der Waals surface area contributed by atoms with Crippen LogP contribution in [0.15, 0.2) is 42.5 Å². The lowest BCUT2D eigenvalue weighted by atomic mass is 9.84. The molecule has 1 aliphatic carbocycles. The number of amides is 3. The molecule has 4 atom stereocenters. The van der Waals surface area contributed by atoms with E-state index in [1.54, 1.807) is 18.2 Å². The lowest BCUT2D eigenvalue weighted by Crippen LogP contribution is -2.47. The van der Waals surface area contributed by atoms with Crippen LogP contribution in [0.3, 0.4) is 0 Å². The largest absolute Gasteiger partial charge is 0.487 e. The Kier molecular flexibility index (Phi) is 7.38. The molecule has 1 saturated carbocycles. The smallest absolute Gasteiger partial charge is 0.319 e. The summed E-state index contributed by atoms with van der Waals surface area (Å²) in [5.41, 5.74) is 2.28. The molecule has 3 aliphatic rings. The van der Waals surface area contributed by atoms with E-state index < -0.39 is 12.2 Å². The Labute approximate surface area is 209 Å². The number of fused-ring (bicyclic) bond motifs is 3. The van der Waals surface area contributed by atoms with Gasteiger partial charge >= 0.3 is 6.03 Å². The fraction of sp³-hybridized carbons (Fsp3) is 0.481. The molecule has 8 nitrogen and oxygen atoms in total. The average Bonchev–Trinajstić information content (AvgIpc) is 3.50. The minimum Gasteiger partial charge on any atom is -0.487 e. The van der Waals surface area contributed by atoms with Gasteiger partial charge in [0.1, 0.15) is 23.8 Å². The van der Waals surface area contributed by atoms with E-state index in [-0.39, 0.29) is 55.4 Å². The molecule has 5 rings (SSSR count). The summed E-state index contributed by atoms with van der Waals surface area (Å²) in [5.74, 6) is 0.0630. The summed E-state index contributed by atoms with van der Waals surface area (Å²) in [6.07, 6.45) is 3.62. The highest BCUT2D eigenvalue weighted by Gasteiger charge is 2.46. The van der Waals surface area contributed by atoms with Crippen LogP contribution >= 0.6 is 0 Å². The number of benzene rings is 2. The normalized spacial score (nSPS) is 24.9. The van der Waals surface area contributed by atoms with Crippen LogP contribution in [0, 0.1) is 5.82 Å². The molecule has 2 aromatic rings. The Morgan fingerprint density at radius 1 is 1.11 bits per heavy atom. The van der Waals surface area contributed by atoms with Crippen molar-refractivity contribution in [2.75, 3.05) is 11.9 Å². The molecule has 2 aromatic carbocycles. The first-order valence-electron chi connectivity index (χ1n) is 12.6. The van der Waals surface area contributed by atoms with Crippen molar-refractivity contribution in [2.45, 2.75) is 75.3 Å². The molecule has 0 bridgehead atoms. The van der Waals surface area contributed by atoms with E-state index in [9.17, 15) is 19.1 Å². The van der Waals surface area contributed by atoms with Crippen molar-refractivity contribution >= 4 is 17.6 Å². The predicted molar refractivity (Wildman–Crippen MR) is 131 cm³/mol. The van der Waals surface area contributed by atoms with Gasteiger partial charge in [-0.05, 0) is 55.2 Å². The van der Waals surface area contributed by atoms with Crippen molar-refractivity contribution in [3.05, 3.63) is 59.4 Å². The number of rotatable bonds is 7. The zero-order valence-electron chi connectivity index (χ0n) is 20.0. The van der Waals surface area contributed by atoms with Crippen LogP contribution in [0.1, 0.15) is 55.6 Å². The van der Waals surface area contributed by atoms with Crippen LogP contribution in [0.5, 0.6) is 5.75 Å². The monoisotopic (exact) mass is 497 g/mol. The van der Waals surface area contributed by atoms with Gasteiger partial charge in [0.25, 0.3) is 0 Å². The zero-order chi connectivity index (χ0) is 25.1. The van der Waals surface area contributed by atoms with Crippen LogP contribution < -0.4 is 20.7 Å². The first-order valence-corrected chi connectivity index (χ1v) is 12.6. The number of hydrogen-bond acceptors (Lipinski definition) is 5. The number of carbonyl (C=O) groups is 2. The minimum absolute atomic E-state index is 0.0773. The van der Waals surface area contributed by atoms with E-state index >= 15 is 0 Å². The Morgan fingerprint density at radius 3 is 2.72 bits per heavy atom. The second-order valence-electron chi connectivity index (χ2n) is 9.85. The van der Waals surface area contributed by atoms with Crippen molar-refractivity contribution in [1.82, 2.24) is 10.6 Å². The van der Waals surface area contributed by atoms with Gasteiger partial charge in [-0.15, -0.1) is 0 Å². The van der Waals surface area contributed by atoms with Crippen molar-refractivity contribution in [2.24, 2.45) is 0 Å². The number of aliphatic hydroxyl groups excluding tert-OH is 1. The molecule has 1 saturated heterocycles. The summed E-state index contributed by atoms with van der Waals surface area (Å²) in [7, 11) is 0. The van der Waals surface area contributed by atoms with Gasteiger partial charge in [-0.3, -0.25) is 4.79 Å². The lowest BCUT2D eigenvalue weighted by molar-refractivity contribution is -0.142. The summed E-state index contributed by atoms with van der Waals surface area (Å²) >= 11 is 0. The van der Waals surface area contributed by atoms with E-state index in [1.807, 2.05) is 12.1 Å². The second kappa shape index (κ2) is 10.8. The van der Waals surface area contributed by atoms with Gasteiger partial charge in [-0.1, -0.05) is 25.0 Å². The van der Waals surface area contributed by atoms with Gasteiger partial charge < -0.3 is 30.5 Å². The van der Waals surface area contributed by atoms with Crippen LogP contribution in [-0.2, 0) is 16.1 Å². The van der Waals surface area contributed by atoms with Gasteiger partial charge in [-0.25, -0.2) is 9.18 Å². The SMILES string of the molecule is O=C(C[C@@H]1C[C@H]2c3cc(NC(=O)NC4CCCC4)ccc3O[C@H]2[C@@H](CO)O1)NCc1cccc(F)c1. The topological polar surface area (TPSA) is 109 Å². The maximum absolute atomic E-state index is 13.4. The third kappa shape index (κ3) is 5.63. The molecule has 0 aromatic heterocycles. The molecule has 2 aliphatic heterocycles. The third-order valence-corrected chi connectivity index (χ3v) is 7.24. The van der Waals surface area contributed by atoms with Crippen molar-refractivity contribution in [1.29, 1.82) is 0 Å². The molecule has 192 valence electrons. The van der Waals surface area contributed by atoms with Gasteiger partial charge in [0, 0.05) is 29.8 Å². The van der Waals surface area contributed by atoms with Gasteiger partial charge in [0.2, 0.25) is 5.91 Å². The van der Waals surface area contributed by atoms with Crippen LogP contribution in [0.25, 0.3) is 0 Å². The molecular weight excluding hydrogens is 465 g/mol. The molecule has 9 heteroatoms. The Morgan fingerprint density at radius 2 is 1.94 bits per heavy atom.